The molecule has 0 bridgehead atoms. The lowest BCUT2D eigenvalue weighted by Gasteiger charge is -2.29. The Balaban J connectivity index is 1.80. The van der Waals surface area contributed by atoms with Gasteiger partial charge in [-0.3, -0.25) is 9.69 Å². The molecule has 1 aliphatic heterocycles. The maximum Gasteiger partial charge on any atom is 0.258 e. The van der Waals surface area contributed by atoms with Gasteiger partial charge in [0.2, 0.25) is 0 Å². The Morgan fingerprint density at radius 2 is 1.62 bits per heavy atom. The number of benzene rings is 2. The fourth-order valence-electron chi connectivity index (χ4n) is 3.86. The number of hydrogen-bond acceptors (Lipinski definition) is 5. The second-order valence-electron chi connectivity index (χ2n) is 7.49. The molecule has 1 amide bonds. The molecule has 0 radical (unpaired) electrons. The van der Waals surface area contributed by atoms with E-state index in [-0.39, 0.29) is 11.9 Å². The van der Waals surface area contributed by atoms with Crippen LogP contribution in [0.25, 0.3) is 0 Å². The molecule has 0 spiro atoms. The molecule has 3 rings (SSSR count). The number of anilines is 1. The van der Waals surface area contributed by atoms with Gasteiger partial charge in [0.05, 0.1) is 20.3 Å². The van der Waals surface area contributed by atoms with Gasteiger partial charge in [0, 0.05) is 26.3 Å². The molecule has 1 aliphatic rings. The lowest BCUT2D eigenvalue weighted by Crippen LogP contribution is -2.37. The zero-order valence-corrected chi connectivity index (χ0v) is 17.8. The number of rotatable bonds is 8. The summed E-state index contributed by atoms with van der Waals surface area (Å²) >= 11 is 0. The Morgan fingerprint density at radius 3 is 2.14 bits per heavy atom. The third-order valence-corrected chi connectivity index (χ3v) is 5.49. The predicted molar refractivity (Wildman–Crippen MR) is 116 cm³/mol. The summed E-state index contributed by atoms with van der Waals surface area (Å²) in [5.41, 5.74) is 2.81. The highest BCUT2D eigenvalue weighted by atomic mass is 16.5. The first-order valence-electron chi connectivity index (χ1n) is 10.1. The van der Waals surface area contributed by atoms with Crippen molar-refractivity contribution in [2.45, 2.75) is 18.9 Å². The molecule has 1 saturated heterocycles. The van der Waals surface area contributed by atoms with Crippen LogP contribution in [0.2, 0.25) is 0 Å². The maximum atomic E-state index is 13.0. The van der Waals surface area contributed by atoms with Gasteiger partial charge in [0.25, 0.3) is 5.91 Å². The van der Waals surface area contributed by atoms with Gasteiger partial charge in [-0.25, -0.2) is 0 Å². The number of likely N-dealkylation sites (tertiary alicyclic amines) is 1. The summed E-state index contributed by atoms with van der Waals surface area (Å²) < 4.78 is 10.8. The van der Waals surface area contributed by atoms with Crippen molar-refractivity contribution >= 4 is 11.6 Å². The van der Waals surface area contributed by atoms with Crippen molar-refractivity contribution in [3.8, 4) is 11.5 Å². The molecule has 0 aliphatic carbocycles. The Bertz CT molecular complexity index is 792. The average molecular weight is 398 g/mol. The molecule has 2 aromatic rings. The molecule has 6 heteroatoms. The summed E-state index contributed by atoms with van der Waals surface area (Å²) in [5, 5.41) is 3.11. The van der Waals surface area contributed by atoms with E-state index in [4.69, 9.17) is 9.47 Å². The number of methoxy groups -OCH3 is 2. The lowest BCUT2D eigenvalue weighted by atomic mass is 10.0. The second kappa shape index (κ2) is 9.65. The van der Waals surface area contributed by atoms with E-state index >= 15 is 0 Å². The van der Waals surface area contributed by atoms with Gasteiger partial charge in [0.1, 0.15) is 17.1 Å². The van der Waals surface area contributed by atoms with Crippen LogP contribution in [0.4, 0.5) is 5.69 Å². The van der Waals surface area contributed by atoms with E-state index in [2.05, 4.69) is 39.4 Å². The summed E-state index contributed by atoms with van der Waals surface area (Å²) in [4.78, 5) is 17.5. The Labute approximate surface area is 173 Å². The third kappa shape index (κ3) is 4.82. The van der Waals surface area contributed by atoms with Crippen LogP contribution < -0.4 is 19.7 Å². The van der Waals surface area contributed by atoms with Crippen LogP contribution in [0.3, 0.4) is 0 Å². The van der Waals surface area contributed by atoms with Gasteiger partial charge in [-0.1, -0.05) is 18.2 Å². The number of amides is 1. The number of carbonyl (C=O) groups is 1. The minimum Gasteiger partial charge on any atom is -0.496 e. The van der Waals surface area contributed by atoms with E-state index in [1.807, 2.05) is 20.2 Å². The average Bonchev–Trinajstić information content (AvgIpc) is 3.28. The monoisotopic (exact) mass is 397 g/mol. The van der Waals surface area contributed by atoms with Gasteiger partial charge in [-0.05, 0) is 55.8 Å². The molecule has 156 valence electrons. The fourth-order valence-corrected chi connectivity index (χ4v) is 3.86. The van der Waals surface area contributed by atoms with Crippen molar-refractivity contribution in [3.05, 3.63) is 53.6 Å². The molecule has 1 unspecified atom stereocenters. The van der Waals surface area contributed by atoms with Crippen LogP contribution in [0.5, 0.6) is 11.5 Å². The summed E-state index contributed by atoms with van der Waals surface area (Å²) in [5.74, 6) is 0.832. The molecular formula is C23H31N3O3. The number of ether oxygens (including phenoxy) is 2. The third-order valence-electron chi connectivity index (χ3n) is 5.49. The molecule has 6 nitrogen and oxygen atoms in total. The van der Waals surface area contributed by atoms with Crippen molar-refractivity contribution in [2.75, 3.05) is 52.8 Å². The van der Waals surface area contributed by atoms with Crippen LogP contribution in [-0.2, 0) is 0 Å². The van der Waals surface area contributed by atoms with Crippen molar-refractivity contribution in [1.29, 1.82) is 0 Å². The van der Waals surface area contributed by atoms with E-state index in [1.54, 1.807) is 26.4 Å². The van der Waals surface area contributed by atoms with Gasteiger partial charge in [-0.2, -0.15) is 0 Å². The highest BCUT2D eigenvalue weighted by molar-refractivity contribution is 5.99. The quantitative estimate of drug-likeness (QED) is 0.740. The van der Waals surface area contributed by atoms with Crippen LogP contribution in [0, 0.1) is 0 Å². The van der Waals surface area contributed by atoms with E-state index in [1.165, 1.54) is 18.4 Å². The molecule has 1 atom stereocenters. The molecule has 1 fully saturated rings. The van der Waals surface area contributed by atoms with E-state index < -0.39 is 0 Å². The van der Waals surface area contributed by atoms with E-state index in [0.29, 0.717) is 23.6 Å². The van der Waals surface area contributed by atoms with Gasteiger partial charge in [0.15, 0.2) is 0 Å². The summed E-state index contributed by atoms with van der Waals surface area (Å²) in [6.45, 7) is 2.63. The van der Waals surface area contributed by atoms with E-state index in [0.717, 1.165) is 18.8 Å². The Kier molecular flexibility index (Phi) is 6.99. The number of nitrogens with zero attached hydrogens (tertiary/aromatic N) is 2. The zero-order valence-electron chi connectivity index (χ0n) is 17.8. The minimum absolute atomic E-state index is 0.137. The number of nitrogens with one attached hydrogen (secondary N) is 1. The first kappa shape index (κ1) is 21.0. The Hall–Kier alpha value is -2.73. The zero-order chi connectivity index (χ0) is 20.8. The summed E-state index contributed by atoms with van der Waals surface area (Å²) in [6.07, 6.45) is 2.39. The van der Waals surface area contributed by atoms with Gasteiger partial charge >= 0.3 is 0 Å². The maximum absolute atomic E-state index is 13.0. The molecule has 2 aromatic carbocycles. The Morgan fingerprint density at radius 1 is 1.03 bits per heavy atom. The van der Waals surface area contributed by atoms with Gasteiger partial charge in [-0.15, -0.1) is 0 Å². The van der Waals surface area contributed by atoms with Crippen LogP contribution in [-0.4, -0.2) is 58.8 Å². The molecule has 29 heavy (non-hydrogen) atoms. The van der Waals surface area contributed by atoms with Crippen LogP contribution in [0.15, 0.2) is 42.5 Å². The topological polar surface area (TPSA) is 54.0 Å². The minimum atomic E-state index is -0.187. The van der Waals surface area contributed by atoms with Crippen molar-refractivity contribution < 1.29 is 14.3 Å². The summed E-state index contributed by atoms with van der Waals surface area (Å²) in [6, 6.07) is 14.1. The molecule has 1 heterocycles. The smallest absolute Gasteiger partial charge is 0.258 e. The first-order valence-corrected chi connectivity index (χ1v) is 10.1. The normalized spacial score (nSPS) is 15.0. The molecule has 0 saturated carbocycles. The summed E-state index contributed by atoms with van der Waals surface area (Å²) in [7, 11) is 7.19. The highest BCUT2D eigenvalue weighted by Gasteiger charge is 2.25. The fraction of sp³-hybridized carbons (Fsp3) is 0.435. The van der Waals surface area contributed by atoms with Crippen molar-refractivity contribution in [1.82, 2.24) is 10.2 Å². The van der Waals surface area contributed by atoms with E-state index in [9.17, 15) is 4.79 Å². The largest absolute Gasteiger partial charge is 0.496 e. The van der Waals surface area contributed by atoms with Gasteiger partial charge < -0.3 is 19.7 Å². The number of hydrogen-bond donors (Lipinski definition) is 1. The van der Waals surface area contributed by atoms with Crippen molar-refractivity contribution in [3.63, 3.8) is 0 Å². The second-order valence-corrected chi connectivity index (χ2v) is 7.49. The molecule has 1 N–H and O–H groups in total. The molecule has 0 aromatic heterocycles. The first-order chi connectivity index (χ1) is 14.0. The highest BCUT2D eigenvalue weighted by Crippen LogP contribution is 2.29. The van der Waals surface area contributed by atoms with Crippen molar-refractivity contribution in [2.24, 2.45) is 0 Å². The molecular weight excluding hydrogens is 366 g/mol. The van der Waals surface area contributed by atoms with Crippen LogP contribution >= 0.6 is 0 Å². The predicted octanol–water partition coefficient (Wildman–Crippen LogP) is 3.34. The number of carbonyl (C=O) groups excluding carboxylic acids is 1. The standard InChI is InChI=1S/C23H31N3O3/c1-25(2)18-12-10-17(11-13-18)19(26-14-5-6-15-26)16-24-23(27)22-20(28-3)8-7-9-21(22)29-4/h7-13,19H,5-6,14-16H2,1-4H3,(H,24,27). The SMILES string of the molecule is COc1cccc(OC)c1C(=O)NCC(c1ccc(N(C)C)cc1)N1CCCC1. The lowest BCUT2D eigenvalue weighted by molar-refractivity contribution is 0.0931. The van der Waals surface area contributed by atoms with Crippen LogP contribution in [0.1, 0.15) is 34.8 Å².